The van der Waals surface area contributed by atoms with Gasteiger partial charge in [0, 0.05) is 24.2 Å². The van der Waals surface area contributed by atoms with Gasteiger partial charge in [-0.3, -0.25) is 0 Å². The normalized spacial score (nSPS) is 12.4. The van der Waals surface area contributed by atoms with Crippen molar-refractivity contribution in [2.75, 3.05) is 7.11 Å². The molecule has 0 saturated heterocycles. The van der Waals surface area contributed by atoms with Gasteiger partial charge in [0.1, 0.15) is 11.5 Å². The third-order valence-electron chi connectivity index (χ3n) is 3.00. The molecule has 0 aliphatic rings. The summed E-state index contributed by atoms with van der Waals surface area (Å²) in [7, 11) is 1.60. The van der Waals surface area contributed by atoms with Gasteiger partial charge in [0.15, 0.2) is 0 Å². The first-order valence-corrected chi connectivity index (χ1v) is 6.30. The van der Waals surface area contributed by atoms with Crippen LogP contribution in [0.4, 0.5) is 0 Å². The van der Waals surface area contributed by atoms with Crippen LogP contribution in [0.15, 0.2) is 18.2 Å². The molecule has 1 unspecified atom stereocenters. The first-order chi connectivity index (χ1) is 8.21. The van der Waals surface area contributed by atoms with Crippen molar-refractivity contribution in [2.24, 2.45) is 0 Å². The van der Waals surface area contributed by atoms with E-state index in [0.29, 0.717) is 24.1 Å². The lowest BCUT2D eigenvalue weighted by molar-refractivity contribution is 0.404. The molecule has 1 aromatic carbocycles. The van der Waals surface area contributed by atoms with Crippen molar-refractivity contribution in [3.05, 3.63) is 23.8 Å². The van der Waals surface area contributed by atoms with E-state index in [4.69, 9.17) is 4.74 Å². The number of nitrogens with one attached hydrogen (secondary N) is 1. The smallest absolute Gasteiger partial charge is 0.123 e. The van der Waals surface area contributed by atoms with Gasteiger partial charge in [-0.05, 0) is 18.9 Å². The van der Waals surface area contributed by atoms with Crippen molar-refractivity contribution >= 4 is 0 Å². The maximum Gasteiger partial charge on any atom is 0.123 e. The third kappa shape index (κ3) is 4.27. The Balaban J connectivity index is 2.56. The SMILES string of the molecule is CCCC(CC)NCc1ccc(OC)cc1O. The molecule has 1 aromatic rings. The Bertz CT molecular complexity index is 339. The molecule has 17 heavy (non-hydrogen) atoms. The molecule has 2 N–H and O–H groups in total. The Morgan fingerprint density at radius 3 is 2.65 bits per heavy atom. The topological polar surface area (TPSA) is 41.5 Å². The second-order valence-electron chi connectivity index (χ2n) is 4.27. The highest BCUT2D eigenvalue weighted by atomic mass is 16.5. The lowest BCUT2D eigenvalue weighted by Crippen LogP contribution is -2.27. The summed E-state index contributed by atoms with van der Waals surface area (Å²) in [5, 5.41) is 13.3. The largest absolute Gasteiger partial charge is 0.507 e. The number of rotatable bonds is 7. The van der Waals surface area contributed by atoms with Gasteiger partial charge >= 0.3 is 0 Å². The number of phenols is 1. The van der Waals surface area contributed by atoms with Crippen molar-refractivity contribution in [1.29, 1.82) is 0 Å². The van der Waals surface area contributed by atoms with Crippen LogP contribution in [-0.2, 0) is 6.54 Å². The van der Waals surface area contributed by atoms with E-state index >= 15 is 0 Å². The highest BCUT2D eigenvalue weighted by Crippen LogP contribution is 2.23. The number of phenolic OH excluding ortho intramolecular Hbond substituents is 1. The summed E-state index contributed by atoms with van der Waals surface area (Å²) in [6.07, 6.45) is 3.47. The molecule has 0 saturated carbocycles. The number of methoxy groups -OCH3 is 1. The zero-order valence-corrected chi connectivity index (χ0v) is 11.0. The summed E-state index contributed by atoms with van der Waals surface area (Å²) in [6.45, 7) is 5.07. The molecule has 96 valence electrons. The fourth-order valence-corrected chi connectivity index (χ4v) is 1.87. The Morgan fingerprint density at radius 2 is 2.12 bits per heavy atom. The third-order valence-corrected chi connectivity index (χ3v) is 3.00. The lowest BCUT2D eigenvalue weighted by Gasteiger charge is -2.16. The average Bonchev–Trinajstić information content (AvgIpc) is 2.35. The number of hydrogen-bond acceptors (Lipinski definition) is 3. The van der Waals surface area contributed by atoms with E-state index in [1.807, 2.05) is 12.1 Å². The fourth-order valence-electron chi connectivity index (χ4n) is 1.87. The van der Waals surface area contributed by atoms with Crippen LogP contribution < -0.4 is 10.1 Å². The maximum absolute atomic E-state index is 9.82. The van der Waals surface area contributed by atoms with Gasteiger partial charge in [0.25, 0.3) is 0 Å². The van der Waals surface area contributed by atoms with E-state index in [9.17, 15) is 5.11 Å². The molecular weight excluding hydrogens is 214 g/mol. The Morgan fingerprint density at radius 1 is 1.35 bits per heavy atom. The number of ether oxygens (including phenoxy) is 1. The highest BCUT2D eigenvalue weighted by Gasteiger charge is 2.07. The molecular formula is C14H23NO2. The molecule has 1 atom stereocenters. The Hall–Kier alpha value is -1.22. The number of hydrogen-bond donors (Lipinski definition) is 2. The molecule has 0 aliphatic heterocycles. The second kappa shape index (κ2) is 7.17. The first kappa shape index (κ1) is 13.8. The lowest BCUT2D eigenvalue weighted by atomic mass is 10.1. The van der Waals surface area contributed by atoms with Gasteiger partial charge < -0.3 is 15.2 Å². The van der Waals surface area contributed by atoms with Gasteiger partial charge in [0.05, 0.1) is 7.11 Å². The van der Waals surface area contributed by atoms with Crippen LogP contribution in [0.3, 0.4) is 0 Å². The maximum atomic E-state index is 9.82. The van der Waals surface area contributed by atoms with Crippen LogP contribution in [0.1, 0.15) is 38.7 Å². The number of benzene rings is 1. The van der Waals surface area contributed by atoms with E-state index in [1.54, 1.807) is 13.2 Å². The Kier molecular flexibility index (Phi) is 5.84. The van der Waals surface area contributed by atoms with Crippen molar-refractivity contribution in [3.8, 4) is 11.5 Å². The van der Waals surface area contributed by atoms with Gasteiger partial charge in [-0.1, -0.05) is 26.3 Å². The predicted molar refractivity (Wildman–Crippen MR) is 70.5 cm³/mol. The van der Waals surface area contributed by atoms with Gasteiger partial charge in [0.2, 0.25) is 0 Å². The molecule has 0 aliphatic carbocycles. The monoisotopic (exact) mass is 237 g/mol. The summed E-state index contributed by atoms with van der Waals surface area (Å²) in [5.41, 5.74) is 0.917. The minimum atomic E-state index is 0.295. The van der Waals surface area contributed by atoms with Gasteiger partial charge in [-0.15, -0.1) is 0 Å². The quantitative estimate of drug-likeness (QED) is 0.765. The van der Waals surface area contributed by atoms with Crippen molar-refractivity contribution in [2.45, 2.75) is 45.7 Å². The highest BCUT2D eigenvalue weighted by molar-refractivity contribution is 5.39. The minimum absolute atomic E-state index is 0.295. The van der Waals surface area contributed by atoms with Crippen LogP contribution in [0.2, 0.25) is 0 Å². The summed E-state index contributed by atoms with van der Waals surface area (Å²) < 4.78 is 5.05. The van der Waals surface area contributed by atoms with Gasteiger partial charge in [-0.25, -0.2) is 0 Å². The summed E-state index contributed by atoms with van der Waals surface area (Å²) in [5.74, 6) is 0.982. The van der Waals surface area contributed by atoms with E-state index in [1.165, 1.54) is 12.8 Å². The van der Waals surface area contributed by atoms with E-state index in [-0.39, 0.29) is 0 Å². The zero-order valence-electron chi connectivity index (χ0n) is 11.0. The molecule has 0 heterocycles. The number of aromatic hydroxyl groups is 1. The van der Waals surface area contributed by atoms with Crippen LogP contribution >= 0.6 is 0 Å². The molecule has 0 fully saturated rings. The van der Waals surface area contributed by atoms with Crippen LogP contribution in [0, 0.1) is 0 Å². The van der Waals surface area contributed by atoms with Crippen molar-refractivity contribution in [3.63, 3.8) is 0 Å². The molecule has 0 spiro atoms. The summed E-state index contributed by atoms with van der Waals surface area (Å²) >= 11 is 0. The average molecular weight is 237 g/mol. The van der Waals surface area contributed by atoms with Gasteiger partial charge in [-0.2, -0.15) is 0 Å². The summed E-state index contributed by atoms with van der Waals surface area (Å²) in [6, 6.07) is 5.95. The van der Waals surface area contributed by atoms with Crippen molar-refractivity contribution < 1.29 is 9.84 Å². The molecule has 0 radical (unpaired) electrons. The van der Waals surface area contributed by atoms with Crippen LogP contribution in [0.25, 0.3) is 0 Å². The van der Waals surface area contributed by atoms with Crippen molar-refractivity contribution in [1.82, 2.24) is 5.32 Å². The van der Waals surface area contributed by atoms with E-state index < -0.39 is 0 Å². The molecule has 0 aromatic heterocycles. The second-order valence-corrected chi connectivity index (χ2v) is 4.27. The molecule has 3 heteroatoms. The standard InChI is InChI=1S/C14H23NO2/c1-4-6-12(5-2)15-10-11-7-8-13(17-3)9-14(11)16/h7-9,12,15-16H,4-6,10H2,1-3H3. The zero-order chi connectivity index (χ0) is 12.7. The first-order valence-electron chi connectivity index (χ1n) is 6.30. The summed E-state index contributed by atoms with van der Waals surface area (Å²) in [4.78, 5) is 0. The van der Waals surface area contributed by atoms with Crippen LogP contribution in [0.5, 0.6) is 11.5 Å². The van der Waals surface area contributed by atoms with Crippen LogP contribution in [-0.4, -0.2) is 18.3 Å². The molecule has 3 nitrogen and oxygen atoms in total. The predicted octanol–water partition coefficient (Wildman–Crippen LogP) is 3.07. The Labute approximate surface area is 104 Å². The fraction of sp³-hybridized carbons (Fsp3) is 0.571. The molecule has 0 bridgehead atoms. The van der Waals surface area contributed by atoms with E-state index in [0.717, 1.165) is 12.0 Å². The molecule has 1 rings (SSSR count). The van der Waals surface area contributed by atoms with E-state index in [2.05, 4.69) is 19.2 Å². The minimum Gasteiger partial charge on any atom is -0.507 e. The molecule has 0 amide bonds.